The van der Waals surface area contributed by atoms with Crippen molar-refractivity contribution in [2.75, 3.05) is 0 Å². The Labute approximate surface area is 141 Å². The number of hydrogen-bond acceptors (Lipinski definition) is 5. The average molecular weight is 313 g/mol. The van der Waals surface area contributed by atoms with Gasteiger partial charge in [0.25, 0.3) is 0 Å². The van der Waals surface area contributed by atoms with Gasteiger partial charge in [-0.1, -0.05) is 30.3 Å². The second-order valence-corrected chi connectivity index (χ2v) is 6.16. The number of allylic oxidation sites excluding steroid dienone is 2. The van der Waals surface area contributed by atoms with Gasteiger partial charge in [0.2, 0.25) is 10.8 Å². The van der Waals surface area contributed by atoms with Crippen molar-refractivity contribution in [1.29, 1.82) is 21.0 Å². The monoisotopic (exact) mass is 313 g/mol. The molecule has 116 valence electrons. The van der Waals surface area contributed by atoms with Crippen LogP contribution in [-0.2, 0) is 0 Å². The Bertz CT molecular complexity index is 826. The molecule has 0 saturated carbocycles. The molecule has 1 aliphatic carbocycles. The van der Waals surface area contributed by atoms with E-state index in [0.717, 1.165) is 30.5 Å². The molecule has 1 atom stereocenters. The predicted molar refractivity (Wildman–Crippen MR) is 85.1 cm³/mol. The van der Waals surface area contributed by atoms with Gasteiger partial charge in [0, 0.05) is 5.70 Å². The standard InChI is InChI=1S/C19H15N5/c20-10-18(11-21)15-8-4-5-9-16(15)24-17(19(18,12-22)13-23)14-6-2-1-3-7-14/h1-3,6-7,17,24H,4-5,8-9H2/t17-/m1/s1. The van der Waals surface area contributed by atoms with Crippen LogP contribution in [0, 0.1) is 56.2 Å². The van der Waals surface area contributed by atoms with Gasteiger partial charge in [0.1, 0.15) is 0 Å². The number of rotatable bonds is 1. The van der Waals surface area contributed by atoms with Crippen molar-refractivity contribution in [3.05, 3.63) is 47.2 Å². The van der Waals surface area contributed by atoms with Crippen molar-refractivity contribution < 1.29 is 0 Å². The van der Waals surface area contributed by atoms with Gasteiger partial charge in [-0.15, -0.1) is 0 Å². The summed E-state index contributed by atoms with van der Waals surface area (Å²) in [4.78, 5) is 0. The highest BCUT2D eigenvalue weighted by atomic mass is 15.0. The first-order chi connectivity index (χ1) is 11.7. The van der Waals surface area contributed by atoms with E-state index in [1.54, 1.807) is 0 Å². The van der Waals surface area contributed by atoms with Gasteiger partial charge in [0.05, 0.1) is 30.3 Å². The maximum atomic E-state index is 9.92. The topological polar surface area (TPSA) is 107 Å². The van der Waals surface area contributed by atoms with Crippen LogP contribution >= 0.6 is 0 Å². The summed E-state index contributed by atoms with van der Waals surface area (Å²) in [6.45, 7) is 0. The molecule has 0 aromatic heterocycles. The van der Waals surface area contributed by atoms with Gasteiger partial charge in [-0.05, 0) is 36.8 Å². The molecule has 0 amide bonds. The Hall–Kier alpha value is -3.28. The Balaban J connectivity index is 2.33. The van der Waals surface area contributed by atoms with Gasteiger partial charge < -0.3 is 5.32 Å². The van der Waals surface area contributed by atoms with Gasteiger partial charge in [0.15, 0.2) is 0 Å². The van der Waals surface area contributed by atoms with Crippen LogP contribution in [0.5, 0.6) is 0 Å². The largest absolute Gasteiger partial charge is 0.379 e. The maximum absolute atomic E-state index is 9.92. The molecule has 24 heavy (non-hydrogen) atoms. The molecule has 1 heterocycles. The summed E-state index contributed by atoms with van der Waals surface area (Å²) in [5.74, 6) is 0. The van der Waals surface area contributed by atoms with Crippen LogP contribution in [0.15, 0.2) is 41.6 Å². The summed E-state index contributed by atoms with van der Waals surface area (Å²) < 4.78 is 0. The van der Waals surface area contributed by atoms with Crippen molar-refractivity contribution >= 4 is 0 Å². The summed E-state index contributed by atoms with van der Waals surface area (Å²) >= 11 is 0. The number of nitrogens with one attached hydrogen (secondary N) is 1. The van der Waals surface area contributed by atoms with Crippen LogP contribution in [-0.4, -0.2) is 0 Å². The minimum Gasteiger partial charge on any atom is -0.379 e. The molecular formula is C19H15N5. The minimum absolute atomic E-state index is 0.566. The first kappa shape index (κ1) is 15.6. The molecule has 1 N–H and O–H groups in total. The molecule has 3 rings (SSSR count). The Morgan fingerprint density at radius 2 is 1.50 bits per heavy atom. The molecule has 1 aromatic carbocycles. The maximum Gasteiger partial charge on any atom is 0.203 e. The summed E-state index contributed by atoms with van der Waals surface area (Å²) in [5.41, 5.74) is -1.35. The second-order valence-electron chi connectivity index (χ2n) is 6.16. The summed E-state index contributed by atoms with van der Waals surface area (Å²) in [7, 11) is 0. The molecule has 5 heteroatoms. The van der Waals surface area contributed by atoms with E-state index in [9.17, 15) is 21.0 Å². The van der Waals surface area contributed by atoms with Gasteiger partial charge in [-0.2, -0.15) is 21.0 Å². The lowest BCUT2D eigenvalue weighted by Crippen LogP contribution is -2.53. The van der Waals surface area contributed by atoms with Crippen LogP contribution in [0.1, 0.15) is 37.3 Å². The molecule has 1 aliphatic heterocycles. The molecule has 1 aromatic rings. The van der Waals surface area contributed by atoms with E-state index < -0.39 is 16.9 Å². The van der Waals surface area contributed by atoms with Gasteiger partial charge >= 0.3 is 0 Å². The number of benzene rings is 1. The fraction of sp³-hybridized carbons (Fsp3) is 0.368. The summed E-state index contributed by atoms with van der Waals surface area (Å²) in [6.07, 6.45) is 3.12. The van der Waals surface area contributed by atoms with Crippen molar-refractivity contribution in [3.63, 3.8) is 0 Å². The van der Waals surface area contributed by atoms with Crippen molar-refractivity contribution in [2.24, 2.45) is 10.8 Å². The van der Waals surface area contributed by atoms with Crippen LogP contribution in [0.4, 0.5) is 0 Å². The second kappa shape index (κ2) is 5.73. The van der Waals surface area contributed by atoms with E-state index >= 15 is 0 Å². The lowest BCUT2D eigenvalue weighted by Gasteiger charge is -2.46. The Morgan fingerprint density at radius 1 is 0.875 bits per heavy atom. The zero-order valence-corrected chi connectivity index (χ0v) is 13.1. The zero-order valence-electron chi connectivity index (χ0n) is 13.1. The molecule has 0 bridgehead atoms. The Morgan fingerprint density at radius 3 is 2.08 bits per heavy atom. The third kappa shape index (κ3) is 1.83. The van der Waals surface area contributed by atoms with Gasteiger partial charge in [-0.25, -0.2) is 0 Å². The Kier molecular flexibility index (Phi) is 3.73. The summed E-state index contributed by atoms with van der Waals surface area (Å²) in [6, 6.07) is 16.6. The zero-order chi connectivity index (χ0) is 17.2. The van der Waals surface area contributed by atoms with Crippen LogP contribution in [0.2, 0.25) is 0 Å². The molecule has 2 aliphatic rings. The van der Waals surface area contributed by atoms with E-state index in [1.807, 2.05) is 42.5 Å². The molecule has 0 fully saturated rings. The highest BCUT2D eigenvalue weighted by molar-refractivity contribution is 5.53. The molecule has 0 spiro atoms. The average Bonchev–Trinajstić information content (AvgIpc) is 2.67. The first-order valence-corrected chi connectivity index (χ1v) is 7.88. The SMILES string of the molecule is N#CC1(C#N)C2=C(CCCC2)N[C@H](c2ccccc2)C1(C#N)C#N. The van der Waals surface area contributed by atoms with E-state index in [-0.39, 0.29) is 0 Å². The third-order valence-corrected chi connectivity index (χ3v) is 5.08. The molecule has 0 radical (unpaired) electrons. The van der Waals surface area contributed by atoms with E-state index in [0.29, 0.717) is 12.0 Å². The van der Waals surface area contributed by atoms with Crippen LogP contribution in [0.3, 0.4) is 0 Å². The quantitative estimate of drug-likeness (QED) is 0.856. The molecule has 0 unspecified atom stereocenters. The molecular weight excluding hydrogens is 298 g/mol. The number of hydrogen-bond donors (Lipinski definition) is 1. The third-order valence-electron chi connectivity index (χ3n) is 5.08. The fourth-order valence-corrected chi connectivity index (χ4v) is 3.85. The molecule has 5 nitrogen and oxygen atoms in total. The van der Waals surface area contributed by atoms with E-state index in [2.05, 4.69) is 17.5 Å². The van der Waals surface area contributed by atoms with Crippen molar-refractivity contribution in [2.45, 2.75) is 31.7 Å². The van der Waals surface area contributed by atoms with E-state index in [4.69, 9.17) is 0 Å². The predicted octanol–water partition coefficient (Wildman–Crippen LogP) is 3.23. The first-order valence-electron chi connectivity index (χ1n) is 7.88. The minimum atomic E-state index is -1.80. The lowest BCUT2D eigenvalue weighted by molar-refractivity contribution is 0.217. The summed E-state index contributed by atoms with van der Waals surface area (Å²) in [5, 5.41) is 43.0. The number of nitriles is 4. The van der Waals surface area contributed by atoms with Gasteiger partial charge in [-0.3, -0.25) is 0 Å². The number of nitrogens with zero attached hydrogens (tertiary/aromatic N) is 4. The van der Waals surface area contributed by atoms with Crippen LogP contribution < -0.4 is 5.32 Å². The van der Waals surface area contributed by atoms with E-state index in [1.165, 1.54) is 0 Å². The van der Waals surface area contributed by atoms with Crippen LogP contribution in [0.25, 0.3) is 0 Å². The fourth-order valence-electron chi connectivity index (χ4n) is 3.85. The molecule has 0 saturated heterocycles. The van der Waals surface area contributed by atoms with Crippen molar-refractivity contribution in [1.82, 2.24) is 5.32 Å². The normalized spacial score (nSPS) is 23.4. The highest BCUT2D eigenvalue weighted by Gasteiger charge is 2.64. The smallest absolute Gasteiger partial charge is 0.203 e. The highest BCUT2D eigenvalue weighted by Crippen LogP contribution is 2.57. The van der Waals surface area contributed by atoms with Crippen molar-refractivity contribution in [3.8, 4) is 24.3 Å². The lowest BCUT2D eigenvalue weighted by atomic mass is 9.54.